The number of piperazine rings is 1. The number of benzene rings is 1. The highest BCUT2D eigenvalue weighted by molar-refractivity contribution is 6.07. The first-order valence-corrected chi connectivity index (χ1v) is 9.20. The highest BCUT2D eigenvalue weighted by Crippen LogP contribution is 2.33. The Morgan fingerprint density at radius 2 is 1.85 bits per heavy atom. The largest absolute Gasteiger partial charge is 0.371 e. The summed E-state index contributed by atoms with van der Waals surface area (Å²) in [5.74, 6) is 0.159. The number of amides is 1. The number of halogens is 1. The fourth-order valence-corrected chi connectivity index (χ4v) is 3.59. The Morgan fingerprint density at radius 1 is 1.07 bits per heavy atom. The van der Waals surface area contributed by atoms with E-state index < -0.39 is 0 Å². The van der Waals surface area contributed by atoms with E-state index in [1.807, 2.05) is 11.9 Å². The molecule has 0 spiro atoms. The fraction of sp³-hybridized carbons (Fsp3) is 0.474. The molecule has 1 aromatic heterocycles. The van der Waals surface area contributed by atoms with Crippen LogP contribution in [-0.4, -0.2) is 74.2 Å². The van der Waals surface area contributed by atoms with E-state index in [1.165, 1.54) is 12.1 Å². The molecule has 2 aromatic rings. The summed E-state index contributed by atoms with van der Waals surface area (Å²) < 4.78 is 19.0. The van der Waals surface area contributed by atoms with Crippen molar-refractivity contribution in [2.75, 3.05) is 63.2 Å². The first-order valence-electron chi connectivity index (χ1n) is 9.20. The van der Waals surface area contributed by atoms with Crippen molar-refractivity contribution in [1.82, 2.24) is 15.0 Å². The van der Waals surface area contributed by atoms with E-state index in [1.54, 1.807) is 17.0 Å². The third-order valence-corrected chi connectivity index (χ3v) is 5.30. The van der Waals surface area contributed by atoms with Gasteiger partial charge in [0.05, 0.1) is 17.9 Å². The van der Waals surface area contributed by atoms with E-state index in [9.17, 15) is 9.18 Å². The van der Waals surface area contributed by atoms with Gasteiger partial charge in [0.25, 0.3) is 5.91 Å². The molecule has 0 unspecified atom stereocenters. The van der Waals surface area contributed by atoms with Crippen molar-refractivity contribution >= 4 is 17.3 Å². The lowest BCUT2D eigenvalue weighted by atomic mass is 10.1. The number of aromatic nitrogens is 1. The van der Waals surface area contributed by atoms with Crippen LogP contribution >= 0.6 is 0 Å². The van der Waals surface area contributed by atoms with Crippen LogP contribution in [0.5, 0.6) is 0 Å². The van der Waals surface area contributed by atoms with E-state index >= 15 is 0 Å². The third kappa shape index (κ3) is 3.68. The molecule has 1 amide bonds. The molecule has 27 heavy (non-hydrogen) atoms. The maximum atomic E-state index is 13.6. The first kappa shape index (κ1) is 17.9. The van der Waals surface area contributed by atoms with Crippen molar-refractivity contribution in [2.24, 2.45) is 0 Å². The topological polar surface area (TPSA) is 56.1 Å². The van der Waals surface area contributed by atoms with E-state index in [0.717, 1.165) is 26.2 Å². The monoisotopic (exact) mass is 373 g/mol. The Bertz CT molecular complexity index is 831. The van der Waals surface area contributed by atoms with Crippen LogP contribution in [0.2, 0.25) is 0 Å². The van der Waals surface area contributed by atoms with Gasteiger partial charge in [0.15, 0.2) is 11.5 Å². The molecule has 0 atom stereocenters. The van der Waals surface area contributed by atoms with Gasteiger partial charge < -0.3 is 19.2 Å². The number of hydrogen-bond acceptors (Lipinski definition) is 6. The lowest BCUT2D eigenvalue weighted by Crippen LogP contribution is -2.43. The van der Waals surface area contributed by atoms with Crippen LogP contribution in [0, 0.1) is 5.82 Å². The number of likely N-dealkylation sites (N-methyl/N-ethyl adjacent to an activating group) is 2. The molecule has 1 saturated heterocycles. The minimum atomic E-state index is -0.314. The summed E-state index contributed by atoms with van der Waals surface area (Å²) in [6, 6.07) is 6.20. The molecule has 0 N–H and O–H groups in total. The second kappa shape index (κ2) is 7.28. The van der Waals surface area contributed by atoms with Crippen LogP contribution in [0.3, 0.4) is 0 Å². The van der Waals surface area contributed by atoms with Gasteiger partial charge in [0, 0.05) is 52.4 Å². The predicted molar refractivity (Wildman–Crippen MR) is 101 cm³/mol. The smallest absolute Gasteiger partial charge is 0.280 e. The van der Waals surface area contributed by atoms with Crippen LogP contribution in [0.4, 0.5) is 15.8 Å². The molecule has 0 saturated carbocycles. The number of carbonyl (C=O) groups excluding carboxylic acids is 1. The van der Waals surface area contributed by atoms with Gasteiger partial charge in [-0.15, -0.1) is 0 Å². The van der Waals surface area contributed by atoms with Gasteiger partial charge in [-0.2, -0.15) is 0 Å². The molecule has 144 valence electrons. The number of fused-ring (bicyclic) bond motifs is 1. The molecule has 0 radical (unpaired) electrons. The third-order valence-electron chi connectivity index (χ3n) is 5.30. The number of nitrogens with zero attached hydrogens (tertiary/aromatic N) is 5. The zero-order valence-corrected chi connectivity index (χ0v) is 15.7. The van der Waals surface area contributed by atoms with Crippen LogP contribution in [-0.2, 0) is 6.54 Å². The predicted octanol–water partition coefficient (Wildman–Crippen LogP) is 1.66. The SMILES string of the molecule is CN1CCN(Cc2cc(C(=O)N3CCN(C)c4cc(F)ccc43)no2)CC1. The average Bonchev–Trinajstić information content (AvgIpc) is 3.12. The summed E-state index contributed by atoms with van der Waals surface area (Å²) in [5, 5.41) is 3.99. The lowest BCUT2D eigenvalue weighted by molar-refractivity contribution is 0.0977. The molecule has 1 aromatic carbocycles. The highest BCUT2D eigenvalue weighted by Gasteiger charge is 2.28. The van der Waals surface area contributed by atoms with Gasteiger partial charge in [-0.05, 0) is 25.2 Å². The van der Waals surface area contributed by atoms with E-state index in [2.05, 4.69) is 22.0 Å². The second-order valence-corrected chi connectivity index (χ2v) is 7.27. The Labute approximate surface area is 157 Å². The van der Waals surface area contributed by atoms with Gasteiger partial charge in [-0.1, -0.05) is 5.16 Å². The average molecular weight is 373 g/mol. The van der Waals surface area contributed by atoms with Crippen LogP contribution in [0.1, 0.15) is 16.2 Å². The molecule has 0 bridgehead atoms. The molecule has 7 nitrogen and oxygen atoms in total. The molecular formula is C19H24FN5O2. The Hall–Kier alpha value is -2.45. The van der Waals surface area contributed by atoms with E-state index in [0.29, 0.717) is 42.5 Å². The van der Waals surface area contributed by atoms with Crippen molar-refractivity contribution in [3.63, 3.8) is 0 Å². The number of hydrogen-bond donors (Lipinski definition) is 0. The van der Waals surface area contributed by atoms with Crippen LogP contribution < -0.4 is 9.80 Å². The maximum absolute atomic E-state index is 13.6. The van der Waals surface area contributed by atoms with Gasteiger partial charge >= 0.3 is 0 Å². The van der Waals surface area contributed by atoms with E-state index in [4.69, 9.17) is 4.52 Å². The second-order valence-electron chi connectivity index (χ2n) is 7.27. The summed E-state index contributed by atoms with van der Waals surface area (Å²) in [4.78, 5) is 21.2. The number of carbonyl (C=O) groups is 1. The molecule has 1 fully saturated rings. The lowest BCUT2D eigenvalue weighted by Gasteiger charge is -2.35. The summed E-state index contributed by atoms with van der Waals surface area (Å²) >= 11 is 0. The molecule has 2 aliphatic rings. The van der Waals surface area contributed by atoms with Gasteiger partial charge in [0.2, 0.25) is 0 Å². The number of rotatable bonds is 3. The van der Waals surface area contributed by atoms with Crippen molar-refractivity contribution < 1.29 is 13.7 Å². The quantitative estimate of drug-likeness (QED) is 0.816. The van der Waals surface area contributed by atoms with Crippen molar-refractivity contribution in [3.05, 3.63) is 41.5 Å². The Balaban J connectivity index is 1.49. The normalized spacial score (nSPS) is 18.6. The molecule has 3 heterocycles. The summed E-state index contributed by atoms with van der Waals surface area (Å²) in [6.07, 6.45) is 0. The first-order chi connectivity index (χ1) is 13.0. The summed E-state index contributed by atoms with van der Waals surface area (Å²) in [5.41, 5.74) is 1.69. The van der Waals surface area contributed by atoms with Gasteiger partial charge in [-0.25, -0.2) is 4.39 Å². The molecular weight excluding hydrogens is 349 g/mol. The zero-order valence-electron chi connectivity index (χ0n) is 15.7. The zero-order chi connectivity index (χ0) is 19.0. The summed E-state index contributed by atoms with van der Waals surface area (Å²) in [7, 11) is 4.01. The van der Waals surface area contributed by atoms with Crippen molar-refractivity contribution in [1.29, 1.82) is 0 Å². The minimum absolute atomic E-state index is 0.218. The maximum Gasteiger partial charge on any atom is 0.280 e. The highest BCUT2D eigenvalue weighted by atomic mass is 19.1. The molecule has 0 aliphatic carbocycles. The fourth-order valence-electron chi connectivity index (χ4n) is 3.59. The van der Waals surface area contributed by atoms with E-state index in [-0.39, 0.29) is 11.7 Å². The molecule has 2 aliphatic heterocycles. The molecule has 8 heteroatoms. The van der Waals surface area contributed by atoms with Crippen LogP contribution in [0.25, 0.3) is 0 Å². The Morgan fingerprint density at radius 3 is 2.63 bits per heavy atom. The van der Waals surface area contributed by atoms with Crippen molar-refractivity contribution in [2.45, 2.75) is 6.54 Å². The standard InChI is InChI=1S/C19H24FN5O2/c1-22-5-8-24(9-6-22)13-15-12-16(21-27-15)19(26)25-10-7-23(2)18-11-14(20)3-4-17(18)25/h3-4,11-12H,5-10,13H2,1-2H3. The van der Waals surface area contributed by atoms with Crippen molar-refractivity contribution in [3.8, 4) is 0 Å². The minimum Gasteiger partial charge on any atom is -0.371 e. The van der Waals surface area contributed by atoms with Crippen LogP contribution in [0.15, 0.2) is 28.8 Å². The van der Waals surface area contributed by atoms with Gasteiger partial charge in [-0.3, -0.25) is 9.69 Å². The summed E-state index contributed by atoms with van der Waals surface area (Å²) in [6.45, 7) is 5.79. The Kier molecular flexibility index (Phi) is 4.84. The number of anilines is 2. The van der Waals surface area contributed by atoms with Gasteiger partial charge in [0.1, 0.15) is 5.82 Å². The molecule has 4 rings (SSSR count).